The minimum absolute atomic E-state index is 0.151. The van der Waals surface area contributed by atoms with Crippen LogP contribution in [0, 0.1) is 0 Å². The first-order chi connectivity index (χ1) is 14.1. The van der Waals surface area contributed by atoms with Crippen molar-refractivity contribution in [2.45, 2.75) is 25.4 Å². The van der Waals surface area contributed by atoms with Crippen LogP contribution in [0.3, 0.4) is 0 Å². The van der Waals surface area contributed by atoms with Crippen LogP contribution in [-0.2, 0) is 6.18 Å². The van der Waals surface area contributed by atoms with Gasteiger partial charge in [0.15, 0.2) is 0 Å². The molecule has 1 N–H and O–H groups in total. The van der Waals surface area contributed by atoms with Crippen molar-refractivity contribution in [1.29, 1.82) is 0 Å². The van der Waals surface area contributed by atoms with Crippen LogP contribution in [0.1, 0.15) is 40.7 Å². The molecule has 3 rings (SSSR count). The van der Waals surface area contributed by atoms with Gasteiger partial charge in [-0.25, -0.2) is 0 Å². The van der Waals surface area contributed by atoms with E-state index in [1.165, 1.54) is 6.07 Å². The highest BCUT2D eigenvalue weighted by Gasteiger charge is 2.31. The maximum Gasteiger partial charge on any atom is 0.416 e. The molecule has 0 unspecified atom stereocenters. The summed E-state index contributed by atoms with van der Waals surface area (Å²) in [6.07, 6.45) is -3.76. The van der Waals surface area contributed by atoms with Gasteiger partial charge in [0.05, 0.1) is 5.56 Å². The van der Waals surface area contributed by atoms with Crippen LogP contribution in [0.2, 0.25) is 0 Å². The summed E-state index contributed by atoms with van der Waals surface area (Å²) in [5.41, 5.74) is 0.645. The van der Waals surface area contributed by atoms with E-state index < -0.39 is 11.7 Å². The molecule has 3 nitrogen and oxygen atoms in total. The monoisotopic (exact) mass is 414 g/mol. The van der Waals surface area contributed by atoms with Crippen molar-refractivity contribution in [2.24, 2.45) is 0 Å². The van der Waals surface area contributed by atoms with Crippen LogP contribution < -0.4 is 5.32 Å². The SMILES string of the molecule is C[C@H](CCN(C)C)c1cc(C(F)(F)F)ccc1NC(=O)c1ccc2ccccc2c1. The first-order valence-electron chi connectivity index (χ1n) is 9.81. The summed E-state index contributed by atoms with van der Waals surface area (Å²) in [6.45, 7) is 2.61. The highest BCUT2D eigenvalue weighted by molar-refractivity contribution is 6.06. The number of halogens is 3. The van der Waals surface area contributed by atoms with E-state index in [9.17, 15) is 18.0 Å². The molecule has 6 heteroatoms. The summed E-state index contributed by atoms with van der Waals surface area (Å²) in [5, 5.41) is 4.76. The molecule has 0 radical (unpaired) electrons. The fourth-order valence-electron chi connectivity index (χ4n) is 3.39. The van der Waals surface area contributed by atoms with Crippen molar-refractivity contribution in [1.82, 2.24) is 4.90 Å². The smallest absolute Gasteiger partial charge is 0.322 e. The topological polar surface area (TPSA) is 32.3 Å². The van der Waals surface area contributed by atoms with Crippen molar-refractivity contribution in [2.75, 3.05) is 26.0 Å². The molecule has 30 heavy (non-hydrogen) atoms. The van der Waals surface area contributed by atoms with Crippen molar-refractivity contribution < 1.29 is 18.0 Å². The van der Waals surface area contributed by atoms with Crippen molar-refractivity contribution in [3.05, 3.63) is 77.4 Å². The number of hydrogen-bond donors (Lipinski definition) is 1. The molecule has 3 aromatic rings. The molecule has 0 aliphatic heterocycles. The third-order valence-electron chi connectivity index (χ3n) is 5.18. The third-order valence-corrected chi connectivity index (χ3v) is 5.18. The van der Waals surface area contributed by atoms with E-state index in [1.807, 2.05) is 56.3 Å². The molecule has 1 atom stereocenters. The van der Waals surface area contributed by atoms with Crippen LogP contribution in [0.15, 0.2) is 60.7 Å². The Labute approximate surface area is 174 Å². The second kappa shape index (κ2) is 8.88. The highest BCUT2D eigenvalue weighted by Crippen LogP contribution is 2.35. The van der Waals surface area contributed by atoms with Gasteiger partial charge < -0.3 is 10.2 Å². The Morgan fingerprint density at radius 2 is 1.70 bits per heavy atom. The lowest BCUT2D eigenvalue weighted by atomic mass is 9.93. The lowest BCUT2D eigenvalue weighted by molar-refractivity contribution is -0.137. The number of carbonyl (C=O) groups excluding carboxylic acids is 1. The summed E-state index contributed by atoms with van der Waals surface area (Å²) in [4.78, 5) is 14.8. The molecule has 158 valence electrons. The van der Waals surface area contributed by atoms with Crippen LogP contribution in [-0.4, -0.2) is 31.4 Å². The van der Waals surface area contributed by atoms with Crippen LogP contribution in [0.5, 0.6) is 0 Å². The van der Waals surface area contributed by atoms with Gasteiger partial charge >= 0.3 is 6.18 Å². The zero-order valence-electron chi connectivity index (χ0n) is 17.3. The Morgan fingerprint density at radius 3 is 2.37 bits per heavy atom. The van der Waals surface area contributed by atoms with Gasteiger partial charge in [0.1, 0.15) is 0 Å². The molecule has 3 aromatic carbocycles. The van der Waals surface area contributed by atoms with E-state index in [0.29, 0.717) is 23.2 Å². The summed E-state index contributed by atoms with van der Waals surface area (Å²) in [6, 6.07) is 16.6. The molecular formula is C24H25F3N2O. The number of rotatable bonds is 6. The number of carbonyl (C=O) groups is 1. The first-order valence-corrected chi connectivity index (χ1v) is 9.81. The molecule has 0 fully saturated rings. The number of amides is 1. The molecule has 1 amide bonds. The maximum absolute atomic E-state index is 13.3. The number of hydrogen-bond acceptors (Lipinski definition) is 2. The molecule has 0 bridgehead atoms. The minimum atomic E-state index is -4.43. The van der Waals surface area contributed by atoms with Gasteiger partial charge in [0.25, 0.3) is 5.91 Å². The average molecular weight is 414 g/mol. The van der Waals surface area contributed by atoms with E-state index in [2.05, 4.69) is 5.32 Å². The Bertz CT molecular complexity index is 1040. The zero-order valence-corrected chi connectivity index (χ0v) is 17.3. The average Bonchev–Trinajstić information content (AvgIpc) is 2.71. The number of nitrogens with zero attached hydrogens (tertiary/aromatic N) is 1. The van der Waals surface area contributed by atoms with Crippen LogP contribution in [0.4, 0.5) is 18.9 Å². The van der Waals surface area contributed by atoms with Crippen molar-refractivity contribution in [3.8, 4) is 0 Å². The lowest BCUT2D eigenvalue weighted by Gasteiger charge is -2.21. The number of benzene rings is 3. The molecule has 0 saturated carbocycles. The maximum atomic E-state index is 13.3. The second-order valence-electron chi connectivity index (χ2n) is 7.81. The Kier molecular flexibility index (Phi) is 6.46. The molecular weight excluding hydrogens is 389 g/mol. The molecule has 0 aliphatic carbocycles. The second-order valence-corrected chi connectivity index (χ2v) is 7.81. The standard InChI is InChI=1S/C24H25F3N2O/c1-16(12-13-29(2)3)21-15-20(24(25,26)27)10-11-22(21)28-23(30)19-9-8-17-6-4-5-7-18(17)14-19/h4-11,14-16H,12-13H2,1-3H3,(H,28,30)/t16-/m1/s1. The van der Waals surface area contributed by atoms with Crippen molar-refractivity contribution in [3.63, 3.8) is 0 Å². The zero-order chi connectivity index (χ0) is 21.9. The summed E-state index contributed by atoms with van der Waals surface area (Å²) in [5.74, 6) is -0.497. The summed E-state index contributed by atoms with van der Waals surface area (Å²) < 4.78 is 39.8. The van der Waals surface area contributed by atoms with Gasteiger partial charge in [-0.15, -0.1) is 0 Å². The van der Waals surface area contributed by atoms with Gasteiger partial charge in [0, 0.05) is 11.3 Å². The van der Waals surface area contributed by atoms with Gasteiger partial charge in [-0.1, -0.05) is 37.3 Å². The molecule has 0 saturated heterocycles. The van der Waals surface area contributed by atoms with E-state index >= 15 is 0 Å². The quantitative estimate of drug-likeness (QED) is 0.523. The minimum Gasteiger partial charge on any atom is -0.322 e. The first kappa shape index (κ1) is 21.8. The fraction of sp³-hybridized carbons (Fsp3) is 0.292. The molecule has 0 heterocycles. The van der Waals surface area contributed by atoms with Crippen LogP contribution >= 0.6 is 0 Å². The number of fused-ring (bicyclic) bond motifs is 1. The number of nitrogens with one attached hydrogen (secondary N) is 1. The lowest BCUT2D eigenvalue weighted by Crippen LogP contribution is -2.18. The van der Waals surface area contributed by atoms with Gasteiger partial charge in [-0.2, -0.15) is 13.2 Å². The molecule has 0 aromatic heterocycles. The summed E-state index contributed by atoms with van der Waals surface area (Å²) in [7, 11) is 3.84. The number of alkyl halides is 3. The summed E-state index contributed by atoms with van der Waals surface area (Å²) >= 11 is 0. The van der Waals surface area contributed by atoms with Crippen LogP contribution in [0.25, 0.3) is 10.8 Å². The van der Waals surface area contributed by atoms with E-state index in [0.717, 1.165) is 29.4 Å². The molecule has 0 aliphatic rings. The fourth-order valence-corrected chi connectivity index (χ4v) is 3.39. The Hall–Kier alpha value is -2.86. The third kappa shape index (κ3) is 5.19. The Balaban J connectivity index is 1.91. The van der Waals surface area contributed by atoms with E-state index in [1.54, 1.807) is 12.1 Å². The number of anilines is 1. The predicted octanol–water partition coefficient (Wildman–Crippen LogP) is 6.17. The molecule has 0 spiro atoms. The normalized spacial score (nSPS) is 12.9. The van der Waals surface area contributed by atoms with Gasteiger partial charge in [-0.05, 0) is 79.6 Å². The van der Waals surface area contributed by atoms with E-state index in [-0.39, 0.29) is 11.8 Å². The largest absolute Gasteiger partial charge is 0.416 e. The Morgan fingerprint density at radius 1 is 1.00 bits per heavy atom. The van der Waals surface area contributed by atoms with Gasteiger partial charge in [0.2, 0.25) is 0 Å². The van der Waals surface area contributed by atoms with Crippen molar-refractivity contribution >= 4 is 22.4 Å². The van der Waals surface area contributed by atoms with Gasteiger partial charge in [-0.3, -0.25) is 4.79 Å². The predicted molar refractivity (Wildman–Crippen MR) is 115 cm³/mol. The van der Waals surface area contributed by atoms with E-state index in [4.69, 9.17) is 0 Å². The highest BCUT2D eigenvalue weighted by atomic mass is 19.4.